The smallest absolute Gasteiger partial charge is 0.405 e. The molecule has 3 atom stereocenters. The van der Waals surface area contributed by atoms with Crippen LogP contribution in [0.2, 0.25) is 0 Å². The van der Waals surface area contributed by atoms with E-state index in [0.717, 1.165) is 10.9 Å². The predicted molar refractivity (Wildman–Crippen MR) is 161 cm³/mol. The fraction of sp³-hybridized carbons (Fsp3) is 0.455. The number of esters is 1. The molecule has 0 aliphatic carbocycles. The molecule has 4 aromatic rings. The van der Waals surface area contributed by atoms with Crippen molar-refractivity contribution in [3.8, 4) is 11.3 Å². The van der Waals surface area contributed by atoms with Gasteiger partial charge in [-0.05, 0) is 57.5 Å². The van der Waals surface area contributed by atoms with Gasteiger partial charge in [-0.3, -0.25) is 24.4 Å². The van der Waals surface area contributed by atoms with Crippen molar-refractivity contribution >= 4 is 22.8 Å². The van der Waals surface area contributed by atoms with Gasteiger partial charge in [0.15, 0.2) is 5.76 Å². The Morgan fingerprint density at radius 1 is 1.09 bits per heavy atom. The minimum atomic E-state index is -4.58. The number of aromatic nitrogens is 2. The first kappa shape index (κ1) is 32.6. The number of benzene rings is 1. The number of pyridine rings is 1. The zero-order valence-corrected chi connectivity index (χ0v) is 26.1. The third-order valence-electron chi connectivity index (χ3n) is 8.91. The SMILES string of the molecule is Cc1cncc2cc(C[C@@H]3C[C@@H](CN4CCN(C(C)(C)c5ncc(-c6ccc(F)cc6)o5)C[C@H]4C(=O)NCC(F)(F)F)OC3=O)oc12. The van der Waals surface area contributed by atoms with Gasteiger partial charge in [0.25, 0.3) is 0 Å². The first-order valence-corrected chi connectivity index (χ1v) is 15.4. The molecule has 2 aliphatic heterocycles. The van der Waals surface area contributed by atoms with Crippen molar-refractivity contribution in [3.05, 3.63) is 72.0 Å². The van der Waals surface area contributed by atoms with E-state index in [4.69, 9.17) is 13.6 Å². The number of ether oxygens (including phenoxy) is 1. The van der Waals surface area contributed by atoms with Crippen molar-refractivity contribution in [1.29, 1.82) is 0 Å². The van der Waals surface area contributed by atoms with Crippen molar-refractivity contribution in [2.45, 2.75) is 57.5 Å². The number of carbonyl (C=O) groups excluding carboxylic acids is 2. The molecule has 5 heterocycles. The lowest BCUT2D eigenvalue weighted by molar-refractivity contribution is -0.148. The van der Waals surface area contributed by atoms with E-state index in [1.54, 1.807) is 29.4 Å². The summed E-state index contributed by atoms with van der Waals surface area (Å²) in [5.74, 6) is -0.621. The minimum absolute atomic E-state index is 0.0709. The van der Waals surface area contributed by atoms with Crippen molar-refractivity contribution in [3.63, 3.8) is 0 Å². The lowest BCUT2D eigenvalue weighted by Gasteiger charge is -2.46. The summed E-state index contributed by atoms with van der Waals surface area (Å²) >= 11 is 0. The lowest BCUT2D eigenvalue weighted by Crippen LogP contribution is -2.63. The molecule has 6 rings (SSSR count). The molecule has 2 fully saturated rings. The van der Waals surface area contributed by atoms with Crippen LogP contribution in [0.15, 0.2) is 57.8 Å². The molecule has 0 saturated carbocycles. The summed E-state index contributed by atoms with van der Waals surface area (Å²) in [6.45, 7) is 5.13. The van der Waals surface area contributed by atoms with E-state index in [9.17, 15) is 27.2 Å². The number of piperazine rings is 1. The molecule has 250 valence electrons. The highest BCUT2D eigenvalue weighted by molar-refractivity contribution is 5.82. The number of rotatable bonds is 9. The molecule has 10 nitrogen and oxygen atoms in total. The summed E-state index contributed by atoms with van der Waals surface area (Å²) < 4.78 is 70.3. The van der Waals surface area contributed by atoms with Gasteiger partial charge in [-0.2, -0.15) is 13.2 Å². The number of alkyl halides is 3. The van der Waals surface area contributed by atoms with Gasteiger partial charge in [0, 0.05) is 61.5 Å². The predicted octanol–water partition coefficient (Wildman–Crippen LogP) is 5.00. The number of aryl methyl sites for hydroxylation is 1. The molecule has 1 amide bonds. The maximum atomic E-state index is 13.4. The van der Waals surface area contributed by atoms with Gasteiger partial charge in [0.2, 0.25) is 11.8 Å². The van der Waals surface area contributed by atoms with Crippen molar-refractivity contribution < 1.29 is 40.7 Å². The van der Waals surface area contributed by atoms with Crippen LogP contribution in [0.25, 0.3) is 22.3 Å². The Morgan fingerprint density at radius 2 is 1.85 bits per heavy atom. The topological polar surface area (TPSA) is 114 Å². The average Bonchev–Trinajstić information content (AvgIpc) is 3.76. The Balaban J connectivity index is 1.15. The van der Waals surface area contributed by atoms with Crippen molar-refractivity contribution in [2.75, 3.05) is 32.7 Å². The number of oxazole rings is 1. The quantitative estimate of drug-likeness (QED) is 0.196. The zero-order chi connectivity index (χ0) is 33.5. The second-order valence-corrected chi connectivity index (χ2v) is 12.7. The van der Waals surface area contributed by atoms with Gasteiger partial charge < -0.3 is 18.9 Å². The number of halogens is 4. The van der Waals surface area contributed by atoms with Crippen molar-refractivity contribution in [2.24, 2.45) is 5.92 Å². The van der Waals surface area contributed by atoms with E-state index in [1.165, 1.54) is 18.3 Å². The Bertz CT molecular complexity index is 1750. The van der Waals surface area contributed by atoms with Crippen LogP contribution in [0, 0.1) is 18.7 Å². The Hall–Kier alpha value is -4.30. The van der Waals surface area contributed by atoms with E-state index in [1.807, 2.05) is 37.1 Å². The lowest BCUT2D eigenvalue weighted by atomic mass is 9.97. The van der Waals surface area contributed by atoms with Gasteiger partial charge in [-0.25, -0.2) is 9.37 Å². The third-order valence-corrected chi connectivity index (χ3v) is 8.91. The van der Waals surface area contributed by atoms with Crippen LogP contribution >= 0.6 is 0 Å². The summed E-state index contributed by atoms with van der Waals surface area (Å²) in [4.78, 5) is 38.4. The molecule has 2 aliphatic rings. The molecular formula is C33H35F4N5O5. The van der Waals surface area contributed by atoms with Gasteiger partial charge in [0.05, 0.1) is 17.7 Å². The van der Waals surface area contributed by atoms with Crippen LogP contribution in [-0.2, 0) is 26.3 Å². The zero-order valence-electron chi connectivity index (χ0n) is 26.1. The van der Waals surface area contributed by atoms with E-state index < -0.39 is 42.2 Å². The molecule has 1 aromatic carbocycles. The summed E-state index contributed by atoms with van der Waals surface area (Å²) in [7, 11) is 0. The number of amides is 1. The summed E-state index contributed by atoms with van der Waals surface area (Å²) in [5.41, 5.74) is 1.38. The van der Waals surface area contributed by atoms with Crippen LogP contribution in [-0.4, -0.2) is 82.7 Å². The molecule has 2 saturated heterocycles. The third kappa shape index (κ3) is 7.18. The number of furan rings is 1. The van der Waals surface area contributed by atoms with Crippen molar-refractivity contribution in [1.82, 2.24) is 25.1 Å². The Kier molecular flexibility index (Phi) is 8.83. The van der Waals surface area contributed by atoms with Crippen LogP contribution in [0.3, 0.4) is 0 Å². The number of hydrogen-bond donors (Lipinski definition) is 1. The molecule has 3 aromatic heterocycles. The molecule has 0 bridgehead atoms. The highest BCUT2D eigenvalue weighted by Gasteiger charge is 2.44. The first-order valence-electron chi connectivity index (χ1n) is 15.4. The van der Waals surface area contributed by atoms with Gasteiger partial charge in [0.1, 0.15) is 35.9 Å². The standard InChI is InChI=1S/C33H35F4N5O5/c1-19-13-38-14-22-12-24(45-28(19)22)10-21-11-25(46-30(21)44)16-41-8-9-42(17-26(41)29(43)40-18-33(35,36)37)32(2,3)31-39-15-27(47-31)20-4-6-23(34)7-5-20/h4-7,12-15,21,25-26H,8-11,16-18H2,1-3H3,(H,40,43)/t21-,25+,26+/m1/s1. The van der Waals surface area contributed by atoms with E-state index >= 15 is 0 Å². The van der Waals surface area contributed by atoms with Gasteiger partial charge in [-0.15, -0.1) is 0 Å². The number of nitrogens with one attached hydrogen (secondary N) is 1. The maximum absolute atomic E-state index is 13.4. The van der Waals surface area contributed by atoms with E-state index in [0.29, 0.717) is 54.5 Å². The Labute approximate surface area is 268 Å². The highest BCUT2D eigenvalue weighted by atomic mass is 19.4. The normalized spacial score (nSPS) is 21.3. The summed E-state index contributed by atoms with van der Waals surface area (Å²) in [6.07, 6.45) is 0.499. The van der Waals surface area contributed by atoms with E-state index in [-0.39, 0.29) is 24.9 Å². The number of fused-ring (bicyclic) bond motifs is 1. The second kappa shape index (κ2) is 12.7. The van der Waals surface area contributed by atoms with Crippen LogP contribution in [0.5, 0.6) is 0 Å². The summed E-state index contributed by atoms with van der Waals surface area (Å²) in [5, 5.41) is 2.87. The molecule has 0 unspecified atom stereocenters. The van der Waals surface area contributed by atoms with Crippen LogP contribution in [0.1, 0.15) is 37.5 Å². The molecule has 47 heavy (non-hydrogen) atoms. The maximum Gasteiger partial charge on any atom is 0.405 e. The minimum Gasteiger partial charge on any atom is -0.461 e. The second-order valence-electron chi connectivity index (χ2n) is 12.7. The number of carbonyl (C=O) groups is 2. The molecule has 1 N–H and O–H groups in total. The average molecular weight is 658 g/mol. The monoisotopic (exact) mass is 657 g/mol. The van der Waals surface area contributed by atoms with Crippen LogP contribution < -0.4 is 5.32 Å². The highest BCUT2D eigenvalue weighted by Crippen LogP contribution is 2.34. The van der Waals surface area contributed by atoms with Gasteiger partial charge >= 0.3 is 12.1 Å². The molecular weight excluding hydrogens is 622 g/mol. The largest absolute Gasteiger partial charge is 0.461 e. The fourth-order valence-corrected chi connectivity index (χ4v) is 6.30. The fourth-order valence-electron chi connectivity index (χ4n) is 6.30. The van der Waals surface area contributed by atoms with E-state index in [2.05, 4.69) is 9.97 Å². The summed E-state index contributed by atoms with van der Waals surface area (Å²) in [6, 6.07) is 6.65. The molecule has 0 spiro atoms. The first-order chi connectivity index (χ1) is 22.3. The number of nitrogens with zero attached hydrogens (tertiary/aromatic N) is 4. The molecule has 14 heteroatoms. The molecule has 0 radical (unpaired) electrons. The Morgan fingerprint density at radius 3 is 2.57 bits per heavy atom. The number of hydrogen-bond acceptors (Lipinski definition) is 9. The van der Waals surface area contributed by atoms with Crippen LogP contribution in [0.4, 0.5) is 17.6 Å². The van der Waals surface area contributed by atoms with Gasteiger partial charge in [-0.1, -0.05) is 0 Å². The number of cyclic esters (lactones) is 1.